The summed E-state index contributed by atoms with van der Waals surface area (Å²) in [4.78, 5) is 10.9. The van der Waals surface area contributed by atoms with Crippen LogP contribution in [-0.2, 0) is 6.54 Å². The van der Waals surface area contributed by atoms with E-state index in [9.17, 15) is 0 Å². The second-order valence-electron chi connectivity index (χ2n) is 5.52. The normalized spacial score (nSPS) is 11.5. The molecule has 0 aliphatic rings. The summed E-state index contributed by atoms with van der Waals surface area (Å²) in [6.07, 6.45) is 7.18. The first kappa shape index (κ1) is 15.6. The highest BCUT2D eigenvalue weighted by Crippen LogP contribution is 2.15. The summed E-state index contributed by atoms with van der Waals surface area (Å²) in [6.45, 7) is 8.39. The smallest absolute Gasteiger partial charge is 0.241 e. The van der Waals surface area contributed by atoms with Crippen LogP contribution in [0.5, 0.6) is 0 Å². The zero-order valence-corrected chi connectivity index (χ0v) is 13.1. The second kappa shape index (κ2) is 7.88. The van der Waals surface area contributed by atoms with Crippen molar-refractivity contribution in [2.75, 3.05) is 6.54 Å². The summed E-state index contributed by atoms with van der Waals surface area (Å²) in [5.41, 5.74) is 0.884. The van der Waals surface area contributed by atoms with Crippen molar-refractivity contribution in [3.05, 3.63) is 30.4 Å². The Morgan fingerprint density at radius 3 is 2.81 bits per heavy atom. The van der Waals surface area contributed by atoms with Gasteiger partial charge in [-0.2, -0.15) is 4.98 Å². The van der Waals surface area contributed by atoms with Crippen LogP contribution in [0.1, 0.15) is 45.9 Å². The topological polar surface area (TPSA) is 55.1 Å². The van der Waals surface area contributed by atoms with Crippen LogP contribution in [-0.4, -0.2) is 32.6 Å². The van der Waals surface area contributed by atoms with Gasteiger partial charge in [0.05, 0.1) is 6.54 Å². The highest BCUT2D eigenvalue weighted by atomic mass is 16.5. The lowest BCUT2D eigenvalue weighted by Gasteiger charge is -2.24. The molecule has 0 aliphatic carbocycles. The third-order valence-corrected chi connectivity index (χ3v) is 3.51. The van der Waals surface area contributed by atoms with Crippen LogP contribution < -0.4 is 0 Å². The van der Waals surface area contributed by atoms with E-state index >= 15 is 0 Å². The largest absolute Gasteiger partial charge is 0.338 e. The summed E-state index contributed by atoms with van der Waals surface area (Å²) in [5.74, 6) is 1.27. The zero-order chi connectivity index (χ0) is 15.1. The van der Waals surface area contributed by atoms with Crippen LogP contribution in [0.2, 0.25) is 0 Å². The summed E-state index contributed by atoms with van der Waals surface area (Å²) in [6, 6.07) is 4.27. The van der Waals surface area contributed by atoms with E-state index in [-0.39, 0.29) is 0 Å². The Labute approximate surface area is 126 Å². The highest BCUT2D eigenvalue weighted by Gasteiger charge is 2.15. The van der Waals surface area contributed by atoms with Gasteiger partial charge in [0.2, 0.25) is 11.7 Å². The summed E-state index contributed by atoms with van der Waals surface area (Å²) in [5, 5.41) is 4.04. The SMILES string of the molecule is CCCCCN(Cc1nc(-c2cccnc2)no1)C(C)C. The average molecular weight is 288 g/mol. The van der Waals surface area contributed by atoms with Gasteiger partial charge in [0.25, 0.3) is 0 Å². The fourth-order valence-electron chi connectivity index (χ4n) is 2.19. The fraction of sp³-hybridized carbons (Fsp3) is 0.562. The lowest BCUT2D eigenvalue weighted by Crippen LogP contribution is -2.31. The van der Waals surface area contributed by atoms with Crippen molar-refractivity contribution in [1.82, 2.24) is 20.0 Å². The zero-order valence-electron chi connectivity index (χ0n) is 13.1. The maximum absolute atomic E-state index is 5.38. The molecule has 114 valence electrons. The Morgan fingerprint density at radius 2 is 2.14 bits per heavy atom. The molecule has 0 N–H and O–H groups in total. The van der Waals surface area contributed by atoms with Crippen molar-refractivity contribution in [2.24, 2.45) is 0 Å². The second-order valence-corrected chi connectivity index (χ2v) is 5.52. The van der Waals surface area contributed by atoms with Gasteiger partial charge >= 0.3 is 0 Å². The van der Waals surface area contributed by atoms with Crippen LogP contribution in [0.15, 0.2) is 29.0 Å². The number of hydrogen-bond donors (Lipinski definition) is 0. The van der Waals surface area contributed by atoms with Crippen molar-refractivity contribution in [3.63, 3.8) is 0 Å². The Morgan fingerprint density at radius 1 is 1.29 bits per heavy atom. The van der Waals surface area contributed by atoms with Crippen molar-refractivity contribution in [1.29, 1.82) is 0 Å². The van der Waals surface area contributed by atoms with Crippen LogP contribution in [0, 0.1) is 0 Å². The van der Waals surface area contributed by atoms with Gasteiger partial charge in [-0.1, -0.05) is 24.9 Å². The quantitative estimate of drug-likeness (QED) is 0.695. The Balaban J connectivity index is 1.99. The number of aromatic nitrogens is 3. The molecule has 5 nitrogen and oxygen atoms in total. The number of unbranched alkanes of at least 4 members (excludes halogenated alkanes) is 2. The van der Waals surface area contributed by atoms with E-state index in [0.717, 1.165) is 12.1 Å². The molecule has 0 spiro atoms. The van der Waals surface area contributed by atoms with Crippen LogP contribution in [0.4, 0.5) is 0 Å². The summed E-state index contributed by atoms with van der Waals surface area (Å²) in [7, 11) is 0. The third kappa shape index (κ3) is 4.63. The van der Waals surface area contributed by atoms with Crippen LogP contribution in [0.25, 0.3) is 11.4 Å². The minimum atomic E-state index is 0.468. The van der Waals surface area contributed by atoms with Gasteiger partial charge in [0.15, 0.2) is 0 Å². The van der Waals surface area contributed by atoms with E-state index in [2.05, 4.69) is 40.8 Å². The molecule has 0 fully saturated rings. The van der Waals surface area contributed by atoms with Gasteiger partial charge < -0.3 is 4.52 Å². The van der Waals surface area contributed by atoms with Crippen molar-refractivity contribution >= 4 is 0 Å². The van der Waals surface area contributed by atoms with Crippen molar-refractivity contribution in [3.8, 4) is 11.4 Å². The van der Waals surface area contributed by atoms with Gasteiger partial charge in [-0.25, -0.2) is 0 Å². The molecule has 2 aromatic rings. The number of hydrogen-bond acceptors (Lipinski definition) is 5. The molecular weight excluding hydrogens is 264 g/mol. The maximum atomic E-state index is 5.38. The standard InChI is InChI=1S/C16H24N4O/c1-4-5-6-10-20(13(2)3)12-15-18-16(19-21-15)14-8-7-9-17-11-14/h7-9,11,13H,4-6,10,12H2,1-3H3. The van der Waals surface area contributed by atoms with Crippen molar-refractivity contribution in [2.45, 2.75) is 52.6 Å². The Hall–Kier alpha value is -1.75. The molecule has 0 radical (unpaired) electrons. The first-order valence-corrected chi connectivity index (χ1v) is 7.67. The molecule has 21 heavy (non-hydrogen) atoms. The molecule has 0 bridgehead atoms. The Bertz CT molecular complexity index is 524. The predicted molar refractivity (Wildman–Crippen MR) is 82.6 cm³/mol. The van der Waals surface area contributed by atoms with Gasteiger partial charge in [-0.15, -0.1) is 0 Å². The van der Waals surface area contributed by atoms with Crippen LogP contribution >= 0.6 is 0 Å². The van der Waals surface area contributed by atoms with E-state index in [4.69, 9.17) is 4.52 Å². The molecule has 2 aromatic heterocycles. The summed E-state index contributed by atoms with van der Waals surface area (Å²) >= 11 is 0. The molecule has 2 heterocycles. The fourth-order valence-corrected chi connectivity index (χ4v) is 2.19. The molecule has 0 atom stereocenters. The van der Waals surface area contributed by atoms with E-state index in [1.165, 1.54) is 19.3 Å². The van der Waals surface area contributed by atoms with E-state index in [1.54, 1.807) is 12.4 Å². The van der Waals surface area contributed by atoms with Gasteiger partial charge in [0.1, 0.15) is 0 Å². The average Bonchev–Trinajstić information content (AvgIpc) is 2.96. The van der Waals surface area contributed by atoms with Crippen LogP contribution in [0.3, 0.4) is 0 Å². The van der Waals surface area contributed by atoms with E-state index in [0.29, 0.717) is 24.3 Å². The van der Waals surface area contributed by atoms with Gasteiger partial charge in [0, 0.05) is 24.0 Å². The maximum Gasteiger partial charge on any atom is 0.241 e. The number of nitrogens with zero attached hydrogens (tertiary/aromatic N) is 4. The molecule has 0 saturated carbocycles. The molecule has 0 aliphatic heterocycles. The number of rotatable bonds is 8. The van der Waals surface area contributed by atoms with E-state index in [1.807, 2.05) is 12.1 Å². The summed E-state index contributed by atoms with van der Waals surface area (Å²) < 4.78 is 5.38. The first-order valence-electron chi connectivity index (χ1n) is 7.67. The first-order chi connectivity index (χ1) is 10.2. The monoisotopic (exact) mass is 288 g/mol. The molecule has 5 heteroatoms. The third-order valence-electron chi connectivity index (χ3n) is 3.51. The Kier molecular flexibility index (Phi) is 5.87. The lowest BCUT2D eigenvalue weighted by molar-refractivity contribution is 0.181. The molecule has 0 amide bonds. The van der Waals surface area contributed by atoms with E-state index < -0.39 is 0 Å². The van der Waals surface area contributed by atoms with Gasteiger partial charge in [-0.3, -0.25) is 9.88 Å². The molecule has 0 saturated heterocycles. The van der Waals surface area contributed by atoms with Gasteiger partial charge in [-0.05, 0) is 38.9 Å². The number of pyridine rings is 1. The highest BCUT2D eigenvalue weighted by molar-refractivity contribution is 5.51. The minimum Gasteiger partial charge on any atom is -0.338 e. The van der Waals surface area contributed by atoms with Crippen molar-refractivity contribution < 1.29 is 4.52 Å². The lowest BCUT2D eigenvalue weighted by atomic mass is 10.2. The minimum absolute atomic E-state index is 0.468. The predicted octanol–water partition coefficient (Wildman–Crippen LogP) is 3.53. The molecule has 0 aromatic carbocycles. The molecule has 0 unspecified atom stereocenters. The molecular formula is C16H24N4O. The molecule has 2 rings (SSSR count).